The summed E-state index contributed by atoms with van der Waals surface area (Å²) in [7, 11) is 1.60. The van der Waals surface area contributed by atoms with E-state index in [0.29, 0.717) is 27.8 Å². The molecule has 0 fully saturated rings. The first kappa shape index (κ1) is 23.4. The molecular formula is C27H23BrN2O4. The Morgan fingerprint density at radius 1 is 0.971 bits per heavy atom. The van der Waals surface area contributed by atoms with Crippen molar-refractivity contribution in [1.82, 2.24) is 4.98 Å². The Bertz CT molecular complexity index is 1380. The van der Waals surface area contributed by atoms with Gasteiger partial charge in [-0.25, -0.2) is 9.78 Å². The summed E-state index contributed by atoms with van der Waals surface area (Å²) < 4.78 is 11.6. The number of nitrogens with zero attached hydrogens (tertiary/aromatic N) is 1. The van der Waals surface area contributed by atoms with Gasteiger partial charge in [-0.3, -0.25) is 4.79 Å². The third-order valence-electron chi connectivity index (χ3n) is 5.65. The second-order valence-corrected chi connectivity index (χ2v) is 8.62. The lowest BCUT2D eigenvalue weighted by Gasteiger charge is -2.13. The van der Waals surface area contributed by atoms with Crippen molar-refractivity contribution < 1.29 is 19.1 Å². The van der Waals surface area contributed by atoms with Gasteiger partial charge in [0.05, 0.1) is 23.9 Å². The molecule has 0 aliphatic heterocycles. The van der Waals surface area contributed by atoms with Gasteiger partial charge in [0.2, 0.25) is 0 Å². The molecule has 4 rings (SSSR count). The molecule has 0 atom stereocenters. The molecule has 3 aromatic carbocycles. The maximum absolute atomic E-state index is 13.0. The predicted octanol–water partition coefficient (Wildman–Crippen LogP) is 6.09. The third kappa shape index (κ3) is 4.94. The molecule has 4 aromatic rings. The number of ether oxygens (including phenoxy) is 2. The number of rotatable bonds is 6. The number of methoxy groups -OCH3 is 1. The largest absolute Gasteiger partial charge is 0.497 e. The van der Waals surface area contributed by atoms with Gasteiger partial charge < -0.3 is 14.8 Å². The smallest absolute Gasteiger partial charge is 0.339 e. The summed E-state index contributed by atoms with van der Waals surface area (Å²) in [6, 6.07) is 20.1. The summed E-state index contributed by atoms with van der Waals surface area (Å²) >= 11 is 3.48. The number of esters is 1. The molecule has 0 unspecified atom stereocenters. The van der Waals surface area contributed by atoms with Crippen LogP contribution in [0.3, 0.4) is 0 Å². The summed E-state index contributed by atoms with van der Waals surface area (Å²) in [6.45, 7) is 3.48. The number of para-hydroxylation sites is 1. The zero-order valence-electron chi connectivity index (χ0n) is 19.0. The maximum Gasteiger partial charge on any atom is 0.339 e. The molecule has 0 aliphatic carbocycles. The van der Waals surface area contributed by atoms with Gasteiger partial charge in [0.1, 0.15) is 5.75 Å². The fraction of sp³-hybridized carbons (Fsp3) is 0.148. The Balaban J connectivity index is 1.56. The van der Waals surface area contributed by atoms with E-state index in [-0.39, 0.29) is 0 Å². The fourth-order valence-corrected chi connectivity index (χ4v) is 4.00. The topological polar surface area (TPSA) is 77.5 Å². The Hall–Kier alpha value is -3.71. The fourth-order valence-electron chi connectivity index (χ4n) is 3.57. The van der Waals surface area contributed by atoms with Crippen molar-refractivity contribution in [2.24, 2.45) is 0 Å². The summed E-state index contributed by atoms with van der Waals surface area (Å²) in [4.78, 5) is 30.2. The van der Waals surface area contributed by atoms with Crippen LogP contribution in [0.15, 0.2) is 71.2 Å². The number of carbonyl (C=O) groups is 2. The van der Waals surface area contributed by atoms with Crippen LogP contribution < -0.4 is 10.1 Å². The van der Waals surface area contributed by atoms with Gasteiger partial charge in [-0.2, -0.15) is 0 Å². The zero-order valence-corrected chi connectivity index (χ0v) is 20.6. The third-order valence-corrected chi connectivity index (χ3v) is 6.51. The summed E-state index contributed by atoms with van der Waals surface area (Å²) in [6.07, 6.45) is 0. The summed E-state index contributed by atoms with van der Waals surface area (Å²) in [5, 5.41) is 3.47. The van der Waals surface area contributed by atoms with Gasteiger partial charge >= 0.3 is 5.97 Å². The molecule has 172 valence electrons. The highest BCUT2D eigenvalue weighted by Crippen LogP contribution is 2.28. The molecule has 0 radical (unpaired) electrons. The Morgan fingerprint density at radius 3 is 2.44 bits per heavy atom. The highest BCUT2D eigenvalue weighted by molar-refractivity contribution is 9.10. The van der Waals surface area contributed by atoms with Crippen molar-refractivity contribution in [3.63, 3.8) is 0 Å². The average molecular weight is 519 g/mol. The molecule has 7 heteroatoms. The number of carbonyl (C=O) groups excluding carboxylic acids is 2. The quantitative estimate of drug-likeness (QED) is 0.312. The molecule has 1 N–H and O–H groups in total. The van der Waals surface area contributed by atoms with E-state index in [1.54, 1.807) is 13.2 Å². The summed E-state index contributed by atoms with van der Waals surface area (Å²) in [5.41, 5.74) is 5.12. The SMILES string of the molecule is COc1ccc(-c2cc(C(=O)OCC(=O)Nc3ccc(Br)c(C)c3C)c3ccccc3n2)cc1. The van der Waals surface area contributed by atoms with E-state index in [1.165, 1.54) is 0 Å². The highest BCUT2D eigenvalue weighted by Gasteiger charge is 2.17. The molecule has 6 nitrogen and oxygen atoms in total. The van der Waals surface area contributed by atoms with Crippen molar-refractivity contribution in [2.75, 3.05) is 19.0 Å². The number of benzene rings is 3. The average Bonchev–Trinajstić information content (AvgIpc) is 2.87. The van der Waals surface area contributed by atoms with Gasteiger partial charge in [0.15, 0.2) is 6.61 Å². The first-order valence-electron chi connectivity index (χ1n) is 10.6. The van der Waals surface area contributed by atoms with Crippen LogP contribution in [0.25, 0.3) is 22.2 Å². The first-order chi connectivity index (χ1) is 16.4. The van der Waals surface area contributed by atoms with E-state index in [4.69, 9.17) is 9.47 Å². The zero-order chi connectivity index (χ0) is 24.2. The number of amides is 1. The van der Waals surface area contributed by atoms with E-state index >= 15 is 0 Å². The lowest BCUT2D eigenvalue weighted by atomic mass is 10.0. The van der Waals surface area contributed by atoms with E-state index in [0.717, 1.165) is 26.9 Å². The van der Waals surface area contributed by atoms with Gasteiger partial charge in [0.25, 0.3) is 5.91 Å². The van der Waals surface area contributed by atoms with Crippen LogP contribution >= 0.6 is 15.9 Å². The van der Waals surface area contributed by atoms with Crippen molar-refractivity contribution in [2.45, 2.75) is 13.8 Å². The molecule has 0 aliphatic rings. The normalized spacial score (nSPS) is 10.7. The second-order valence-electron chi connectivity index (χ2n) is 7.77. The predicted molar refractivity (Wildman–Crippen MR) is 136 cm³/mol. The molecule has 34 heavy (non-hydrogen) atoms. The van der Waals surface area contributed by atoms with Crippen LogP contribution in [-0.2, 0) is 9.53 Å². The number of anilines is 1. The summed E-state index contributed by atoms with van der Waals surface area (Å²) in [5.74, 6) is -0.273. The van der Waals surface area contributed by atoms with Crippen LogP contribution in [0, 0.1) is 13.8 Å². The minimum atomic E-state index is -0.591. The molecule has 1 amide bonds. The molecule has 1 heterocycles. The van der Waals surface area contributed by atoms with E-state index in [1.807, 2.05) is 74.5 Å². The highest BCUT2D eigenvalue weighted by atomic mass is 79.9. The van der Waals surface area contributed by atoms with Crippen molar-refractivity contribution in [3.05, 3.63) is 87.9 Å². The lowest BCUT2D eigenvalue weighted by molar-refractivity contribution is -0.119. The standard InChI is InChI=1S/C27H23BrN2O4/c1-16-17(2)23(13-12-22(16)28)30-26(31)15-34-27(32)21-14-25(18-8-10-19(33-3)11-9-18)29-24-7-5-4-6-20(21)24/h4-14H,15H2,1-3H3,(H,30,31). The lowest BCUT2D eigenvalue weighted by Crippen LogP contribution is -2.21. The van der Waals surface area contributed by atoms with Crippen LogP contribution in [0.5, 0.6) is 5.75 Å². The van der Waals surface area contributed by atoms with Crippen molar-refractivity contribution >= 4 is 44.4 Å². The Morgan fingerprint density at radius 2 is 1.71 bits per heavy atom. The van der Waals surface area contributed by atoms with Gasteiger partial charge in [-0.1, -0.05) is 34.1 Å². The monoisotopic (exact) mass is 518 g/mol. The van der Waals surface area contributed by atoms with Gasteiger partial charge in [-0.15, -0.1) is 0 Å². The number of pyridine rings is 1. The minimum Gasteiger partial charge on any atom is -0.497 e. The number of aromatic nitrogens is 1. The van der Waals surface area contributed by atoms with Crippen LogP contribution in [0.1, 0.15) is 21.5 Å². The van der Waals surface area contributed by atoms with Crippen molar-refractivity contribution in [3.8, 4) is 17.0 Å². The Labute approximate surface area is 206 Å². The van der Waals surface area contributed by atoms with Crippen LogP contribution in [0.4, 0.5) is 5.69 Å². The Kier molecular flexibility index (Phi) is 6.93. The van der Waals surface area contributed by atoms with Crippen molar-refractivity contribution in [1.29, 1.82) is 0 Å². The molecule has 0 bridgehead atoms. The first-order valence-corrected chi connectivity index (χ1v) is 11.4. The number of halogens is 1. The molecule has 0 saturated heterocycles. The minimum absolute atomic E-state index is 0.347. The molecular weight excluding hydrogens is 496 g/mol. The number of fused-ring (bicyclic) bond motifs is 1. The van der Waals surface area contributed by atoms with Gasteiger partial charge in [-0.05, 0) is 73.5 Å². The van der Waals surface area contributed by atoms with E-state index in [2.05, 4.69) is 26.2 Å². The second kappa shape index (κ2) is 10.1. The number of hydrogen-bond donors (Lipinski definition) is 1. The van der Waals surface area contributed by atoms with E-state index < -0.39 is 18.5 Å². The molecule has 0 saturated carbocycles. The number of hydrogen-bond acceptors (Lipinski definition) is 5. The van der Waals surface area contributed by atoms with Crippen LogP contribution in [0.2, 0.25) is 0 Å². The number of nitrogens with one attached hydrogen (secondary N) is 1. The molecule has 0 spiro atoms. The van der Waals surface area contributed by atoms with E-state index in [9.17, 15) is 9.59 Å². The van der Waals surface area contributed by atoms with Gasteiger partial charge in [0, 0.05) is 21.1 Å². The maximum atomic E-state index is 13.0. The molecule has 1 aromatic heterocycles. The van der Waals surface area contributed by atoms with Crippen LogP contribution in [-0.4, -0.2) is 30.6 Å².